The molecular weight excluding hydrogens is 449 g/mol. The third-order valence-corrected chi connectivity index (χ3v) is 4.38. The van der Waals surface area contributed by atoms with Gasteiger partial charge in [0, 0.05) is 9.78 Å². The number of benzene rings is 2. The van der Waals surface area contributed by atoms with Crippen molar-refractivity contribution in [1.29, 1.82) is 0 Å². The van der Waals surface area contributed by atoms with Crippen LogP contribution in [0.2, 0.25) is 0 Å². The SMILES string of the molecule is COc1ccccc1N1C(=O)NC(=O)[C@H](C=Nc2cccc(I)c2)C1=O. The van der Waals surface area contributed by atoms with Crippen LogP contribution < -0.4 is 15.0 Å². The summed E-state index contributed by atoms with van der Waals surface area (Å²) in [6, 6.07) is 13.1. The van der Waals surface area contributed by atoms with E-state index in [1.165, 1.54) is 13.3 Å². The number of imide groups is 2. The molecule has 1 aliphatic rings. The summed E-state index contributed by atoms with van der Waals surface area (Å²) in [5.41, 5.74) is 0.871. The van der Waals surface area contributed by atoms with Crippen molar-refractivity contribution in [3.63, 3.8) is 0 Å². The van der Waals surface area contributed by atoms with E-state index in [2.05, 4.69) is 32.9 Å². The number of rotatable bonds is 4. The molecule has 8 heteroatoms. The van der Waals surface area contributed by atoms with Crippen LogP contribution in [0.5, 0.6) is 5.75 Å². The molecule has 1 heterocycles. The summed E-state index contributed by atoms with van der Waals surface area (Å²) in [5.74, 6) is -2.26. The van der Waals surface area contributed by atoms with Crippen molar-refractivity contribution >= 4 is 58.0 Å². The van der Waals surface area contributed by atoms with Gasteiger partial charge in [0.1, 0.15) is 5.75 Å². The van der Waals surface area contributed by atoms with E-state index in [0.29, 0.717) is 11.4 Å². The molecule has 4 amide bonds. The highest BCUT2D eigenvalue weighted by molar-refractivity contribution is 14.1. The molecule has 0 spiro atoms. The first-order chi connectivity index (χ1) is 12.5. The Balaban J connectivity index is 1.93. The Morgan fingerprint density at radius 1 is 1.15 bits per heavy atom. The highest BCUT2D eigenvalue weighted by Crippen LogP contribution is 2.30. The summed E-state index contributed by atoms with van der Waals surface area (Å²) in [6.07, 6.45) is 1.25. The van der Waals surface area contributed by atoms with Gasteiger partial charge in [-0.05, 0) is 52.9 Å². The minimum atomic E-state index is -1.21. The number of carbonyl (C=O) groups excluding carboxylic acids is 3. The maximum atomic E-state index is 12.8. The molecule has 7 nitrogen and oxygen atoms in total. The number of nitrogens with zero attached hydrogens (tertiary/aromatic N) is 2. The summed E-state index contributed by atoms with van der Waals surface area (Å²) < 4.78 is 6.18. The van der Waals surface area contributed by atoms with Gasteiger partial charge in [-0.2, -0.15) is 0 Å². The van der Waals surface area contributed by atoms with Crippen molar-refractivity contribution in [2.45, 2.75) is 0 Å². The molecule has 0 radical (unpaired) electrons. The van der Waals surface area contributed by atoms with Crippen molar-refractivity contribution in [1.82, 2.24) is 5.32 Å². The van der Waals surface area contributed by atoms with Crippen LogP contribution in [0.3, 0.4) is 0 Å². The average molecular weight is 463 g/mol. The number of amides is 4. The van der Waals surface area contributed by atoms with Crippen molar-refractivity contribution in [3.05, 3.63) is 52.1 Å². The lowest BCUT2D eigenvalue weighted by molar-refractivity contribution is -0.131. The molecule has 2 aromatic rings. The summed E-state index contributed by atoms with van der Waals surface area (Å²) in [5, 5.41) is 2.19. The van der Waals surface area contributed by atoms with E-state index in [0.717, 1.165) is 8.47 Å². The van der Waals surface area contributed by atoms with E-state index in [1.807, 2.05) is 18.2 Å². The molecule has 132 valence electrons. The van der Waals surface area contributed by atoms with Gasteiger partial charge in [-0.3, -0.25) is 19.9 Å². The van der Waals surface area contributed by atoms with E-state index in [9.17, 15) is 14.4 Å². The fourth-order valence-corrected chi connectivity index (χ4v) is 3.01. The predicted molar refractivity (Wildman–Crippen MR) is 105 cm³/mol. The van der Waals surface area contributed by atoms with Gasteiger partial charge < -0.3 is 4.74 Å². The molecule has 1 saturated heterocycles. The van der Waals surface area contributed by atoms with Gasteiger partial charge in [-0.15, -0.1) is 0 Å². The maximum absolute atomic E-state index is 12.8. The summed E-state index contributed by atoms with van der Waals surface area (Å²) >= 11 is 2.14. The molecule has 1 aliphatic heterocycles. The minimum absolute atomic E-state index is 0.262. The number of carbonyl (C=O) groups is 3. The number of methoxy groups -OCH3 is 1. The molecule has 1 atom stereocenters. The van der Waals surface area contributed by atoms with Crippen molar-refractivity contribution in [2.24, 2.45) is 10.9 Å². The number of hydrogen-bond donors (Lipinski definition) is 1. The van der Waals surface area contributed by atoms with E-state index in [-0.39, 0.29) is 5.69 Å². The Labute approximate surface area is 163 Å². The van der Waals surface area contributed by atoms with Crippen LogP contribution >= 0.6 is 22.6 Å². The third kappa shape index (κ3) is 3.59. The summed E-state index contributed by atoms with van der Waals surface area (Å²) in [7, 11) is 1.44. The van der Waals surface area contributed by atoms with Crippen molar-refractivity contribution in [3.8, 4) is 5.75 Å². The Hall–Kier alpha value is -2.75. The second-order valence-electron chi connectivity index (χ2n) is 5.38. The lowest BCUT2D eigenvalue weighted by Crippen LogP contribution is -2.58. The van der Waals surface area contributed by atoms with Crippen LogP contribution in [0.15, 0.2) is 53.5 Å². The number of hydrogen-bond acceptors (Lipinski definition) is 5. The Morgan fingerprint density at radius 2 is 1.92 bits per heavy atom. The van der Waals surface area contributed by atoms with Gasteiger partial charge in [0.05, 0.1) is 18.5 Å². The topological polar surface area (TPSA) is 88.1 Å². The van der Waals surface area contributed by atoms with Crippen molar-refractivity contribution in [2.75, 3.05) is 12.0 Å². The normalized spacial score (nSPS) is 17.5. The van der Waals surface area contributed by atoms with Crippen LogP contribution in [-0.4, -0.2) is 31.2 Å². The van der Waals surface area contributed by atoms with Gasteiger partial charge >= 0.3 is 6.03 Å². The predicted octanol–water partition coefficient (Wildman–Crippen LogP) is 2.90. The smallest absolute Gasteiger partial charge is 0.335 e. The molecule has 0 aromatic heterocycles. The first-order valence-electron chi connectivity index (χ1n) is 7.63. The quantitative estimate of drug-likeness (QED) is 0.429. The summed E-state index contributed by atoms with van der Waals surface area (Å²) in [4.78, 5) is 42.3. The number of ether oxygens (including phenoxy) is 1. The van der Waals surface area contributed by atoms with Crippen LogP contribution in [-0.2, 0) is 9.59 Å². The number of halogens is 1. The first kappa shape index (κ1) is 18.1. The van der Waals surface area contributed by atoms with Crippen LogP contribution in [0.4, 0.5) is 16.2 Å². The lowest BCUT2D eigenvalue weighted by Gasteiger charge is -2.29. The Bertz CT molecular complexity index is 913. The molecule has 26 heavy (non-hydrogen) atoms. The van der Waals surface area contributed by atoms with Gasteiger partial charge in [0.2, 0.25) is 5.91 Å². The highest BCUT2D eigenvalue weighted by atomic mass is 127. The molecule has 1 fully saturated rings. The van der Waals surface area contributed by atoms with Gasteiger partial charge in [-0.1, -0.05) is 18.2 Å². The third-order valence-electron chi connectivity index (χ3n) is 3.71. The minimum Gasteiger partial charge on any atom is -0.495 e. The molecule has 0 saturated carbocycles. The van der Waals surface area contributed by atoms with E-state index < -0.39 is 23.8 Å². The van der Waals surface area contributed by atoms with Gasteiger partial charge in [0.15, 0.2) is 5.92 Å². The Kier molecular flexibility index (Phi) is 5.31. The highest BCUT2D eigenvalue weighted by Gasteiger charge is 2.41. The number of barbiturate groups is 1. The summed E-state index contributed by atoms with van der Waals surface area (Å²) in [6.45, 7) is 0. The van der Waals surface area contributed by atoms with Crippen LogP contribution in [0, 0.1) is 9.49 Å². The van der Waals surface area contributed by atoms with Gasteiger partial charge in [-0.25, -0.2) is 9.69 Å². The molecule has 1 N–H and O–H groups in total. The number of urea groups is 1. The Morgan fingerprint density at radius 3 is 2.65 bits per heavy atom. The zero-order chi connectivity index (χ0) is 18.7. The van der Waals surface area contributed by atoms with Gasteiger partial charge in [0.25, 0.3) is 5.91 Å². The van der Waals surface area contributed by atoms with Crippen molar-refractivity contribution < 1.29 is 19.1 Å². The van der Waals surface area contributed by atoms with E-state index in [1.54, 1.807) is 30.3 Å². The molecule has 2 aromatic carbocycles. The first-order valence-corrected chi connectivity index (χ1v) is 8.70. The zero-order valence-corrected chi connectivity index (χ0v) is 15.8. The number of aliphatic imine (C=N–C) groups is 1. The molecule has 3 rings (SSSR count). The molecule has 0 unspecified atom stereocenters. The zero-order valence-electron chi connectivity index (χ0n) is 13.7. The molecule has 0 aliphatic carbocycles. The maximum Gasteiger partial charge on any atom is 0.335 e. The van der Waals surface area contributed by atoms with E-state index in [4.69, 9.17) is 4.74 Å². The molecule has 0 bridgehead atoms. The standard InChI is InChI=1S/C18H14IN3O4/c1-26-15-8-3-2-7-14(15)22-17(24)13(16(23)21-18(22)25)10-20-12-6-4-5-11(19)9-12/h2-10,13H,1H3,(H,21,23,25)/t13-/m0/s1. The molecular formula is C18H14IN3O4. The fourth-order valence-electron chi connectivity index (χ4n) is 2.48. The van der Waals surface area contributed by atoms with Crippen LogP contribution in [0.25, 0.3) is 0 Å². The average Bonchev–Trinajstić information content (AvgIpc) is 2.61. The largest absolute Gasteiger partial charge is 0.495 e. The fraction of sp³-hybridized carbons (Fsp3) is 0.111. The number of anilines is 1. The lowest BCUT2D eigenvalue weighted by atomic mass is 10.1. The van der Waals surface area contributed by atoms with Crippen LogP contribution in [0.1, 0.15) is 0 Å². The van der Waals surface area contributed by atoms with E-state index >= 15 is 0 Å². The number of nitrogens with one attached hydrogen (secondary N) is 1. The monoisotopic (exact) mass is 463 g/mol. The second-order valence-corrected chi connectivity index (χ2v) is 6.62. The second kappa shape index (κ2) is 7.65. The number of para-hydroxylation sites is 2.